The number of ether oxygens (including phenoxy) is 1. The van der Waals surface area contributed by atoms with E-state index < -0.39 is 5.97 Å². The third-order valence-electron chi connectivity index (χ3n) is 6.45. The summed E-state index contributed by atoms with van der Waals surface area (Å²) in [6.07, 6.45) is 0. The highest BCUT2D eigenvalue weighted by atomic mass is 16.5. The number of rotatable bonds is 5. The van der Waals surface area contributed by atoms with E-state index in [2.05, 4.69) is 10.3 Å². The molecule has 0 saturated carbocycles. The van der Waals surface area contributed by atoms with Gasteiger partial charge < -0.3 is 19.5 Å². The average molecular weight is 480 g/mol. The molecule has 182 valence electrons. The Balaban J connectivity index is 1.94. The SMILES string of the molecule is CCOC(=O)c1c(Nc2c(C)cccc2C)c(=Nc2c(C)cccc2C)oc2[nH]c3ccccc3c12. The molecule has 0 fully saturated rings. The van der Waals surface area contributed by atoms with E-state index in [0.717, 1.165) is 44.5 Å². The molecular formula is C30H29N3O3. The molecule has 0 amide bonds. The molecule has 6 nitrogen and oxygen atoms in total. The number of H-pyrrole nitrogens is 1. The van der Waals surface area contributed by atoms with Gasteiger partial charge >= 0.3 is 5.97 Å². The summed E-state index contributed by atoms with van der Waals surface area (Å²) in [5.41, 5.74) is 8.32. The number of fused-ring (bicyclic) bond motifs is 3. The summed E-state index contributed by atoms with van der Waals surface area (Å²) in [4.78, 5) is 21.8. The molecule has 0 saturated heterocycles. The summed E-state index contributed by atoms with van der Waals surface area (Å²) in [6, 6.07) is 19.9. The average Bonchev–Trinajstić information content (AvgIpc) is 3.21. The van der Waals surface area contributed by atoms with Crippen molar-refractivity contribution in [1.29, 1.82) is 0 Å². The van der Waals surface area contributed by atoms with Crippen LogP contribution in [0, 0.1) is 27.7 Å². The summed E-state index contributed by atoms with van der Waals surface area (Å²) < 4.78 is 12.0. The van der Waals surface area contributed by atoms with Crippen LogP contribution < -0.4 is 10.9 Å². The molecule has 0 atom stereocenters. The van der Waals surface area contributed by atoms with Gasteiger partial charge in [-0.25, -0.2) is 9.79 Å². The summed E-state index contributed by atoms with van der Waals surface area (Å²) in [6.45, 7) is 10.1. The number of aromatic amines is 1. The van der Waals surface area contributed by atoms with Crippen LogP contribution in [-0.2, 0) is 4.74 Å². The van der Waals surface area contributed by atoms with Gasteiger partial charge in [-0.05, 0) is 62.9 Å². The Bertz CT molecular complexity index is 1650. The van der Waals surface area contributed by atoms with E-state index in [1.54, 1.807) is 6.92 Å². The predicted octanol–water partition coefficient (Wildman–Crippen LogP) is 7.30. The third-order valence-corrected chi connectivity index (χ3v) is 6.45. The lowest BCUT2D eigenvalue weighted by atomic mass is 10.1. The molecule has 2 aromatic heterocycles. The fourth-order valence-corrected chi connectivity index (χ4v) is 4.64. The van der Waals surface area contributed by atoms with Crippen molar-refractivity contribution in [3.8, 4) is 0 Å². The highest BCUT2D eigenvalue weighted by Crippen LogP contribution is 2.34. The largest absolute Gasteiger partial charge is 0.462 e. The van der Waals surface area contributed by atoms with E-state index in [-0.39, 0.29) is 6.61 Å². The van der Waals surface area contributed by atoms with E-state index in [4.69, 9.17) is 14.1 Å². The van der Waals surface area contributed by atoms with Crippen LogP contribution in [0.15, 0.2) is 70.1 Å². The number of esters is 1. The molecule has 5 aromatic rings. The zero-order valence-electron chi connectivity index (χ0n) is 21.2. The fourth-order valence-electron chi connectivity index (χ4n) is 4.64. The zero-order chi connectivity index (χ0) is 25.4. The van der Waals surface area contributed by atoms with Gasteiger partial charge in [0.25, 0.3) is 0 Å². The number of aryl methyl sites for hydroxylation is 4. The molecule has 3 aromatic carbocycles. The van der Waals surface area contributed by atoms with Crippen LogP contribution in [0.1, 0.15) is 39.5 Å². The fraction of sp³-hybridized carbons (Fsp3) is 0.200. The second-order valence-corrected chi connectivity index (χ2v) is 9.00. The molecule has 0 aliphatic heterocycles. The Morgan fingerprint density at radius 1 is 0.889 bits per heavy atom. The first-order valence-corrected chi connectivity index (χ1v) is 12.1. The molecular weight excluding hydrogens is 450 g/mol. The van der Waals surface area contributed by atoms with E-state index in [0.29, 0.717) is 27.9 Å². The van der Waals surface area contributed by atoms with E-state index in [9.17, 15) is 4.79 Å². The number of para-hydroxylation sites is 3. The molecule has 0 aliphatic carbocycles. The number of nitrogens with one attached hydrogen (secondary N) is 2. The molecule has 0 unspecified atom stereocenters. The van der Waals surface area contributed by atoms with Crippen molar-refractivity contribution in [1.82, 2.24) is 4.98 Å². The Hall–Kier alpha value is -4.32. The summed E-state index contributed by atoms with van der Waals surface area (Å²) in [5, 5.41) is 5.06. The Kier molecular flexibility index (Phi) is 6.10. The summed E-state index contributed by atoms with van der Waals surface area (Å²) in [5.74, 6) is -0.435. The quantitative estimate of drug-likeness (QED) is 0.259. The lowest BCUT2D eigenvalue weighted by Gasteiger charge is -2.16. The summed E-state index contributed by atoms with van der Waals surface area (Å²) in [7, 11) is 0. The maximum absolute atomic E-state index is 13.6. The maximum Gasteiger partial charge on any atom is 0.341 e. The first-order chi connectivity index (χ1) is 17.4. The number of anilines is 2. The Labute approximate surface area is 209 Å². The molecule has 2 N–H and O–H groups in total. The standard InChI is InChI=1S/C30H29N3O3/c1-6-35-30(34)24-23-21-15-7-8-16-22(21)31-28(23)36-29(33-26-19(4)13-10-14-20(26)5)27(24)32-25-17(2)11-9-12-18(25)3/h7-16,31-32H,6H2,1-5H3. The topological polar surface area (TPSA) is 79.6 Å². The van der Waals surface area contributed by atoms with Crippen molar-refractivity contribution in [3.05, 3.63) is 94.0 Å². The highest BCUT2D eigenvalue weighted by molar-refractivity contribution is 6.18. The smallest absolute Gasteiger partial charge is 0.341 e. The zero-order valence-corrected chi connectivity index (χ0v) is 21.2. The number of aromatic nitrogens is 1. The minimum atomic E-state index is -0.435. The maximum atomic E-state index is 13.6. The van der Waals surface area contributed by atoms with Gasteiger partial charge in [-0.15, -0.1) is 0 Å². The molecule has 0 spiro atoms. The number of hydrogen-bond donors (Lipinski definition) is 2. The van der Waals surface area contributed by atoms with Crippen LogP contribution >= 0.6 is 0 Å². The highest BCUT2D eigenvalue weighted by Gasteiger charge is 2.25. The van der Waals surface area contributed by atoms with Crippen LogP contribution in [0.25, 0.3) is 22.0 Å². The van der Waals surface area contributed by atoms with Crippen LogP contribution in [0.2, 0.25) is 0 Å². The molecule has 5 rings (SSSR count). The van der Waals surface area contributed by atoms with Gasteiger partial charge in [0.05, 0.1) is 17.7 Å². The van der Waals surface area contributed by atoms with E-state index >= 15 is 0 Å². The first-order valence-electron chi connectivity index (χ1n) is 12.1. The second-order valence-electron chi connectivity index (χ2n) is 9.00. The van der Waals surface area contributed by atoms with Crippen molar-refractivity contribution in [2.24, 2.45) is 4.99 Å². The van der Waals surface area contributed by atoms with Gasteiger partial charge in [-0.3, -0.25) is 0 Å². The molecule has 6 heteroatoms. The number of hydrogen-bond acceptors (Lipinski definition) is 5. The number of carbonyl (C=O) groups excluding carboxylic acids is 1. The van der Waals surface area contributed by atoms with E-state index in [1.165, 1.54) is 0 Å². The van der Waals surface area contributed by atoms with Gasteiger partial charge in [-0.2, -0.15) is 0 Å². The first kappa shape index (κ1) is 23.4. The van der Waals surface area contributed by atoms with Crippen LogP contribution in [0.5, 0.6) is 0 Å². The van der Waals surface area contributed by atoms with Crippen molar-refractivity contribution in [3.63, 3.8) is 0 Å². The monoisotopic (exact) mass is 479 g/mol. The van der Waals surface area contributed by atoms with Crippen LogP contribution in [-0.4, -0.2) is 17.6 Å². The molecule has 0 aliphatic rings. The Morgan fingerprint density at radius 3 is 2.19 bits per heavy atom. The summed E-state index contributed by atoms with van der Waals surface area (Å²) >= 11 is 0. The lowest BCUT2D eigenvalue weighted by Crippen LogP contribution is -2.18. The lowest BCUT2D eigenvalue weighted by molar-refractivity contribution is 0.0529. The minimum absolute atomic E-state index is 0.251. The van der Waals surface area contributed by atoms with Crippen molar-refractivity contribution < 1.29 is 13.9 Å². The van der Waals surface area contributed by atoms with Crippen molar-refractivity contribution in [2.75, 3.05) is 11.9 Å². The Morgan fingerprint density at radius 2 is 1.53 bits per heavy atom. The van der Waals surface area contributed by atoms with Gasteiger partial charge in [0.1, 0.15) is 11.3 Å². The predicted molar refractivity (Wildman–Crippen MR) is 144 cm³/mol. The molecule has 36 heavy (non-hydrogen) atoms. The third kappa shape index (κ3) is 4.05. The number of carbonyl (C=O) groups is 1. The second kappa shape index (κ2) is 9.38. The van der Waals surface area contributed by atoms with E-state index in [1.807, 2.05) is 88.4 Å². The van der Waals surface area contributed by atoms with Crippen LogP contribution in [0.4, 0.5) is 17.1 Å². The van der Waals surface area contributed by atoms with Gasteiger partial charge in [0.2, 0.25) is 11.3 Å². The van der Waals surface area contributed by atoms with Gasteiger partial charge in [-0.1, -0.05) is 54.6 Å². The number of benzene rings is 3. The van der Waals surface area contributed by atoms with Crippen molar-refractivity contribution in [2.45, 2.75) is 34.6 Å². The minimum Gasteiger partial charge on any atom is -0.462 e. The van der Waals surface area contributed by atoms with Crippen LogP contribution in [0.3, 0.4) is 0 Å². The van der Waals surface area contributed by atoms with Crippen molar-refractivity contribution >= 4 is 45.0 Å². The molecule has 2 heterocycles. The molecule has 0 radical (unpaired) electrons. The molecule has 0 bridgehead atoms. The normalized spacial score (nSPS) is 11.9. The van der Waals surface area contributed by atoms with Gasteiger partial charge in [0.15, 0.2) is 0 Å². The number of nitrogens with zero attached hydrogens (tertiary/aromatic N) is 1. The van der Waals surface area contributed by atoms with Gasteiger partial charge in [0, 0.05) is 16.6 Å².